The molecule has 3 aromatic rings. The first-order valence-electron chi connectivity index (χ1n) is 10.5. The number of rotatable bonds is 7. The first-order chi connectivity index (χ1) is 14.7. The monoisotopic (exact) mass is 403 g/mol. The van der Waals surface area contributed by atoms with Gasteiger partial charge in [0, 0.05) is 25.2 Å². The summed E-state index contributed by atoms with van der Waals surface area (Å²) in [5.41, 5.74) is 4.55. The zero-order valence-corrected chi connectivity index (χ0v) is 17.5. The van der Waals surface area contributed by atoms with Gasteiger partial charge in [0.05, 0.1) is 13.2 Å². The van der Waals surface area contributed by atoms with Crippen molar-refractivity contribution >= 4 is 0 Å². The molecule has 1 unspecified atom stereocenters. The molecule has 1 atom stereocenters. The van der Waals surface area contributed by atoms with Crippen molar-refractivity contribution in [3.8, 4) is 11.5 Å². The Morgan fingerprint density at radius 3 is 2.67 bits per heavy atom. The molecule has 0 bridgehead atoms. The van der Waals surface area contributed by atoms with E-state index in [4.69, 9.17) is 9.47 Å². The molecular weight excluding hydrogens is 374 g/mol. The van der Waals surface area contributed by atoms with Gasteiger partial charge in [0.25, 0.3) is 0 Å². The lowest BCUT2D eigenvalue weighted by molar-refractivity contribution is 0.167. The van der Waals surface area contributed by atoms with Crippen LogP contribution in [0, 0.1) is 0 Å². The van der Waals surface area contributed by atoms with E-state index in [1.807, 2.05) is 42.5 Å². The number of hydrogen-bond acceptors (Lipinski definition) is 4. The fourth-order valence-corrected chi connectivity index (χ4v) is 3.95. The van der Waals surface area contributed by atoms with Crippen LogP contribution in [0.2, 0.25) is 0 Å². The average molecular weight is 404 g/mol. The maximum Gasteiger partial charge on any atom is 0.123 e. The maximum absolute atomic E-state index is 10.7. The molecule has 30 heavy (non-hydrogen) atoms. The Morgan fingerprint density at radius 2 is 1.83 bits per heavy atom. The Labute approximate surface area is 178 Å². The van der Waals surface area contributed by atoms with Crippen LogP contribution in [0.25, 0.3) is 0 Å². The van der Waals surface area contributed by atoms with Gasteiger partial charge in [0.1, 0.15) is 18.1 Å². The molecule has 0 amide bonds. The number of nitrogens with zero attached hydrogens (tertiary/aromatic N) is 1. The summed E-state index contributed by atoms with van der Waals surface area (Å²) in [5.74, 6) is 1.80. The highest BCUT2D eigenvalue weighted by molar-refractivity contribution is 5.39. The molecule has 3 aromatic carbocycles. The van der Waals surface area contributed by atoms with Crippen molar-refractivity contribution in [1.82, 2.24) is 4.90 Å². The van der Waals surface area contributed by atoms with Crippen LogP contribution in [-0.2, 0) is 19.5 Å². The molecule has 156 valence electrons. The minimum absolute atomic E-state index is 0.481. The van der Waals surface area contributed by atoms with E-state index in [9.17, 15) is 5.11 Å². The van der Waals surface area contributed by atoms with Gasteiger partial charge in [-0.25, -0.2) is 0 Å². The number of aliphatic hydroxyl groups is 1. The van der Waals surface area contributed by atoms with Gasteiger partial charge in [-0.1, -0.05) is 48.5 Å². The molecule has 0 aromatic heterocycles. The van der Waals surface area contributed by atoms with Crippen molar-refractivity contribution < 1.29 is 14.6 Å². The van der Waals surface area contributed by atoms with Crippen LogP contribution in [0.4, 0.5) is 0 Å². The highest BCUT2D eigenvalue weighted by Gasteiger charge is 2.18. The second kappa shape index (κ2) is 9.79. The second-order valence-electron chi connectivity index (χ2n) is 7.82. The van der Waals surface area contributed by atoms with Gasteiger partial charge in [-0.2, -0.15) is 0 Å². The molecule has 4 heteroatoms. The van der Waals surface area contributed by atoms with E-state index < -0.39 is 6.10 Å². The fraction of sp³-hybridized carbons (Fsp3) is 0.308. The number of hydrogen-bond donors (Lipinski definition) is 1. The van der Waals surface area contributed by atoms with Gasteiger partial charge in [0.15, 0.2) is 0 Å². The van der Waals surface area contributed by atoms with Gasteiger partial charge < -0.3 is 14.6 Å². The van der Waals surface area contributed by atoms with Crippen LogP contribution >= 0.6 is 0 Å². The van der Waals surface area contributed by atoms with Crippen LogP contribution in [0.3, 0.4) is 0 Å². The topological polar surface area (TPSA) is 41.9 Å². The van der Waals surface area contributed by atoms with Gasteiger partial charge in [-0.05, 0) is 53.8 Å². The van der Waals surface area contributed by atoms with E-state index in [0.29, 0.717) is 13.0 Å². The number of aryl methyl sites for hydroxylation is 1. The zero-order valence-electron chi connectivity index (χ0n) is 17.5. The van der Waals surface area contributed by atoms with E-state index in [2.05, 4.69) is 35.2 Å². The molecule has 0 aliphatic carbocycles. The van der Waals surface area contributed by atoms with Crippen molar-refractivity contribution in [2.45, 2.75) is 32.0 Å². The quantitative estimate of drug-likeness (QED) is 0.618. The molecule has 1 N–H and O–H groups in total. The summed E-state index contributed by atoms with van der Waals surface area (Å²) in [7, 11) is 1.69. The third-order valence-electron chi connectivity index (χ3n) is 5.62. The predicted octanol–water partition coefficient (Wildman–Crippen LogP) is 4.76. The predicted molar refractivity (Wildman–Crippen MR) is 119 cm³/mol. The fourth-order valence-electron chi connectivity index (χ4n) is 3.95. The van der Waals surface area contributed by atoms with Crippen molar-refractivity contribution in [3.63, 3.8) is 0 Å². The van der Waals surface area contributed by atoms with E-state index in [-0.39, 0.29) is 0 Å². The van der Waals surface area contributed by atoms with Crippen molar-refractivity contribution in [1.29, 1.82) is 0 Å². The van der Waals surface area contributed by atoms with Crippen molar-refractivity contribution in [3.05, 3.63) is 95.1 Å². The SMILES string of the molecule is COc1cccc(CN2CCOc3ccc(C(O)CCc4ccccc4)cc3C2)c1. The summed E-state index contributed by atoms with van der Waals surface area (Å²) in [4.78, 5) is 2.38. The van der Waals surface area contributed by atoms with E-state index in [0.717, 1.165) is 48.7 Å². The first-order valence-corrected chi connectivity index (χ1v) is 10.5. The van der Waals surface area contributed by atoms with Gasteiger partial charge >= 0.3 is 0 Å². The summed E-state index contributed by atoms with van der Waals surface area (Å²) in [6, 6.07) is 24.6. The molecule has 0 fully saturated rings. The van der Waals surface area contributed by atoms with Crippen molar-refractivity contribution in [2.24, 2.45) is 0 Å². The Morgan fingerprint density at radius 1 is 1.00 bits per heavy atom. The molecule has 1 aliphatic heterocycles. The Kier molecular flexibility index (Phi) is 6.67. The summed E-state index contributed by atoms with van der Waals surface area (Å²) in [6.07, 6.45) is 1.08. The summed E-state index contributed by atoms with van der Waals surface area (Å²) in [5, 5.41) is 10.7. The molecule has 0 saturated heterocycles. The van der Waals surface area contributed by atoms with Gasteiger partial charge in [0.2, 0.25) is 0 Å². The maximum atomic E-state index is 10.7. The Balaban J connectivity index is 1.44. The molecular formula is C26H29NO3. The van der Waals surface area contributed by atoms with Crippen LogP contribution in [0.5, 0.6) is 11.5 Å². The summed E-state index contributed by atoms with van der Waals surface area (Å²) >= 11 is 0. The largest absolute Gasteiger partial charge is 0.497 e. The van der Waals surface area contributed by atoms with E-state index in [1.54, 1.807) is 7.11 Å². The van der Waals surface area contributed by atoms with Crippen LogP contribution < -0.4 is 9.47 Å². The smallest absolute Gasteiger partial charge is 0.123 e. The standard InChI is InChI=1S/C26H29NO3/c1-29-24-9-5-8-21(16-24)18-27-14-15-30-26-13-11-22(17-23(26)19-27)25(28)12-10-20-6-3-2-4-7-20/h2-9,11,13,16-17,25,28H,10,12,14-15,18-19H2,1H3. The normalized spacial score (nSPS) is 15.0. The minimum atomic E-state index is -0.481. The second-order valence-corrected chi connectivity index (χ2v) is 7.82. The van der Waals surface area contributed by atoms with Gasteiger partial charge in [-0.3, -0.25) is 4.90 Å². The number of ether oxygens (including phenoxy) is 2. The highest BCUT2D eigenvalue weighted by Crippen LogP contribution is 2.29. The number of aliphatic hydroxyl groups excluding tert-OH is 1. The molecule has 0 saturated carbocycles. The Bertz CT molecular complexity index is 958. The lowest BCUT2D eigenvalue weighted by Gasteiger charge is -2.20. The average Bonchev–Trinajstić information content (AvgIpc) is 2.99. The lowest BCUT2D eigenvalue weighted by Crippen LogP contribution is -2.25. The van der Waals surface area contributed by atoms with Gasteiger partial charge in [-0.15, -0.1) is 0 Å². The molecule has 4 nitrogen and oxygen atoms in total. The van der Waals surface area contributed by atoms with E-state index >= 15 is 0 Å². The summed E-state index contributed by atoms with van der Waals surface area (Å²) in [6.45, 7) is 3.15. The van der Waals surface area contributed by atoms with Crippen LogP contribution in [-0.4, -0.2) is 30.3 Å². The third-order valence-corrected chi connectivity index (χ3v) is 5.62. The van der Waals surface area contributed by atoms with Crippen molar-refractivity contribution in [2.75, 3.05) is 20.3 Å². The molecule has 0 spiro atoms. The lowest BCUT2D eigenvalue weighted by atomic mass is 9.99. The van der Waals surface area contributed by atoms with Crippen LogP contribution in [0.15, 0.2) is 72.8 Å². The third kappa shape index (κ3) is 5.21. The number of benzene rings is 3. The zero-order chi connectivity index (χ0) is 20.8. The van der Waals surface area contributed by atoms with E-state index in [1.165, 1.54) is 11.1 Å². The van der Waals surface area contributed by atoms with Crippen LogP contribution in [0.1, 0.15) is 34.8 Å². The highest BCUT2D eigenvalue weighted by atomic mass is 16.5. The molecule has 1 heterocycles. The molecule has 0 radical (unpaired) electrons. The Hall–Kier alpha value is -2.82. The minimum Gasteiger partial charge on any atom is -0.497 e. The first kappa shape index (κ1) is 20.5. The molecule has 4 rings (SSSR count). The number of fused-ring (bicyclic) bond motifs is 1. The molecule has 1 aliphatic rings. The summed E-state index contributed by atoms with van der Waals surface area (Å²) < 4.78 is 11.3. The number of methoxy groups -OCH3 is 1.